The first-order valence-corrected chi connectivity index (χ1v) is 8.11. The molecule has 2 rings (SSSR count). The molecule has 0 aliphatic rings. The maximum absolute atomic E-state index is 6.08. The van der Waals surface area contributed by atoms with Crippen LogP contribution in [0, 0.1) is 3.57 Å². The zero-order valence-electron chi connectivity index (χ0n) is 9.01. The van der Waals surface area contributed by atoms with Gasteiger partial charge < -0.3 is 5.32 Å². The molecule has 5 heteroatoms. The molecular formula is C12H10BrClINS. The Morgan fingerprint density at radius 3 is 2.76 bits per heavy atom. The average molecular weight is 443 g/mol. The van der Waals surface area contributed by atoms with Crippen LogP contribution in [0.2, 0.25) is 5.02 Å². The highest BCUT2D eigenvalue weighted by Gasteiger charge is 2.18. The van der Waals surface area contributed by atoms with Crippen LogP contribution in [0.4, 0.5) is 0 Å². The van der Waals surface area contributed by atoms with Crippen LogP contribution in [0.3, 0.4) is 0 Å². The largest absolute Gasteiger partial charge is 0.309 e. The van der Waals surface area contributed by atoms with Crippen LogP contribution in [0.1, 0.15) is 16.5 Å². The second-order valence-electron chi connectivity index (χ2n) is 3.52. The molecule has 1 N–H and O–H groups in total. The third kappa shape index (κ3) is 3.04. The van der Waals surface area contributed by atoms with Crippen molar-refractivity contribution in [3.05, 3.63) is 53.2 Å². The van der Waals surface area contributed by atoms with Crippen molar-refractivity contribution in [2.45, 2.75) is 6.04 Å². The number of hydrogen-bond acceptors (Lipinski definition) is 2. The SMILES string of the molecule is CNC(c1cc(Cl)ccc1I)c1sccc1Br. The minimum atomic E-state index is 0.176. The predicted octanol–water partition coefficient (Wildman–Crippen LogP) is 5.08. The van der Waals surface area contributed by atoms with Crippen LogP contribution in [0.15, 0.2) is 34.1 Å². The van der Waals surface area contributed by atoms with Crippen molar-refractivity contribution in [3.63, 3.8) is 0 Å². The quantitative estimate of drug-likeness (QED) is 0.654. The zero-order valence-corrected chi connectivity index (χ0v) is 14.3. The fraction of sp³-hybridized carbons (Fsp3) is 0.167. The van der Waals surface area contributed by atoms with Crippen molar-refractivity contribution < 1.29 is 0 Å². The topological polar surface area (TPSA) is 12.0 Å². The van der Waals surface area contributed by atoms with Crippen LogP contribution in [0.5, 0.6) is 0 Å². The number of halogens is 3. The number of benzene rings is 1. The maximum Gasteiger partial charge on any atom is 0.0690 e. The Morgan fingerprint density at radius 2 is 2.18 bits per heavy atom. The minimum Gasteiger partial charge on any atom is -0.309 e. The van der Waals surface area contributed by atoms with Crippen LogP contribution in [0.25, 0.3) is 0 Å². The molecule has 0 aliphatic carbocycles. The molecule has 2 aromatic rings. The Hall–Kier alpha value is 0.380. The van der Waals surface area contributed by atoms with Gasteiger partial charge in [-0.1, -0.05) is 11.6 Å². The number of rotatable bonds is 3. The van der Waals surface area contributed by atoms with E-state index in [-0.39, 0.29) is 6.04 Å². The third-order valence-electron chi connectivity index (χ3n) is 2.46. The summed E-state index contributed by atoms with van der Waals surface area (Å²) in [5.74, 6) is 0. The van der Waals surface area contributed by atoms with Gasteiger partial charge in [-0.2, -0.15) is 0 Å². The van der Waals surface area contributed by atoms with Crippen molar-refractivity contribution in [3.8, 4) is 0 Å². The first kappa shape index (κ1) is 13.8. The van der Waals surface area contributed by atoms with Gasteiger partial charge in [0.2, 0.25) is 0 Å². The van der Waals surface area contributed by atoms with Crippen LogP contribution in [-0.4, -0.2) is 7.05 Å². The molecule has 1 aromatic heterocycles. The van der Waals surface area contributed by atoms with Gasteiger partial charge in [-0.05, 0) is 80.8 Å². The lowest BCUT2D eigenvalue weighted by atomic mass is 10.1. The summed E-state index contributed by atoms with van der Waals surface area (Å²) in [5, 5.41) is 6.20. The number of thiophene rings is 1. The van der Waals surface area contributed by atoms with E-state index in [1.165, 1.54) is 14.0 Å². The summed E-state index contributed by atoms with van der Waals surface area (Å²) >= 11 is 13.7. The van der Waals surface area contributed by atoms with Gasteiger partial charge in [-0.3, -0.25) is 0 Å². The molecule has 1 unspecified atom stereocenters. The summed E-state index contributed by atoms with van der Waals surface area (Å²) in [7, 11) is 1.97. The summed E-state index contributed by atoms with van der Waals surface area (Å²) in [6, 6.07) is 8.24. The lowest BCUT2D eigenvalue weighted by Crippen LogP contribution is -2.18. The number of hydrogen-bond donors (Lipinski definition) is 1. The average Bonchev–Trinajstić information content (AvgIpc) is 2.71. The van der Waals surface area contributed by atoms with Gasteiger partial charge in [0.05, 0.1) is 6.04 Å². The highest BCUT2D eigenvalue weighted by molar-refractivity contribution is 14.1. The molecule has 0 fully saturated rings. The normalized spacial score (nSPS) is 12.7. The first-order valence-electron chi connectivity index (χ1n) is 4.98. The molecule has 0 amide bonds. The molecule has 0 bridgehead atoms. The third-order valence-corrected chi connectivity index (χ3v) is 5.62. The van der Waals surface area contributed by atoms with Gasteiger partial charge in [0, 0.05) is 17.9 Å². The van der Waals surface area contributed by atoms with E-state index in [1.54, 1.807) is 11.3 Å². The Labute approximate surface area is 132 Å². The molecule has 1 atom stereocenters. The van der Waals surface area contributed by atoms with Gasteiger partial charge in [-0.15, -0.1) is 11.3 Å². The molecule has 90 valence electrons. The van der Waals surface area contributed by atoms with Crippen molar-refractivity contribution in [2.75, 3.05) is 7.05 Å². The molecule has 0 spiro atoms. The van der Waals surface area contributed by atoms with E-state index < -0.39 is 0 Å². The lowest BCUT2D eigenvalue weighted by molar-refractivity contribution is 0.698. The predicted molar refractivity (Wildman–Crippen MR) is 87.1 cm³/mol. The summed E-state index contributed by atoms with van der Waals surface area (Å²) in [6.45, 7) is 0. The Balaban J connectivity index is 2.49. The van der Waals surface area contributed by atoms with Gasteiger partial charge in [-0.25, -0.2) is 0 Å². The van der Waals surface area contributed by atoms with E-state index in [0.29, 0.717) is 0 Å². The van der Waals surface area contributed by atoms with E-state index in [2.05, 4.69) is 55.3 Å². The summed E-state index contributed by atoms with van der Waals surface area (Å²) < 4.78 is 2.35. The Bertz CT molecular complexity index is 529. The smallest absolute Gasteiger partial charge is 0.0690 e. The molecule has 0 radical (unpaired) electrons. The summed E-state index contributed by atoms with van der Waals surface area (Å²) in [4.78, 5) is 1.27. The second kappa shape index (κ2) is 6.02. The van der Waals surface area contributed by atoms with E-state index in [9.17, 15) is 0 Å². The van der Waals surface area contributed by atoms with Crippen molar-refractivity contribution in [2.24, 2.45) is 0 Å². The molecule has 0 saturated carbocycles. The van der Waals surface area contributed by atoms with Crippen LogP contribution in [-0.2, 0) is 0 Å². The van der Waals surface area contributed by atoms with Gasteiger partial charge in [0.25, 0.3) is 0 Å². The fourth-order valence-corrected chi connectivity index (χ4v) is 4.23. The molecule has 0 saturated heterocycles. The Kier molecular flexibility index (Phi) is 4.88. The van der Waals surface area contributed by atoms with E-state index in [1.807, 2.05) is 25.2 Å². The van der Waals surface area contributed by atoms with Gasteiger partial charge >= 0.3 is 0 Å². The summed E-state index contributed by atoms with van der Waals surface area (Å²) in [5.41, 5.74) is 1.21. The standard InChI is InChI=1S/C12H10BrClINS/c1-16-11(12-9(13)4-5-17-12)8-6-7(14)2-3-10(8)15/h2-6,11,16H,1H3. The fourth-order valence-electron chi connectivity index (χ4n) is 1.68. The summed E-state index contributed by atoms with van der Waals surface area (Å²) in [6.07, 6.45) is 0. The first-order chi connectivity index (χ1) is 8.13. The van der Waals surface area contributed by atoms with E-state index in [4.69, 9.17) is 11.6 Å². The highest BCUT2D eigenvalue weighted by Crippen LogP contribution is 2.35. The molecule has 17 heavy (non-hydrogen) atoms. The van der Waals surface area contributed by atoms with Gasteiger partial charge in [0.15, 0.2) is 0 Å². The van der Waals surface area contributed by atoms with Crippen molar-refractivity contribution >= 4 is 61.5 Å². The van der Waals surface area contributed by atoms with Gasteiger partial charge in [0.1, 0.15) is 0 Å². The zero-order chi connectivity index (χ0) is 12.4. The Morgan fingerprint density at radius 1 is 1.41 bits per heavy atom. The minimum absolute atomic E-state index is 0.176. The lowest BCUT2D eigenvalue weighted by Gasteiger charge is -2.18. The van der Waals surface area contributed by atoms with E-state index in [0.717, 1.165) is 9.50 Å². The highest BCUT2D eigenvalue weighted by atomic mass is 127. The molecule has 1 heterocycles. The molecular weight excluding hydrogens is 432 g/mol. The number of nitrogens with one attached hydrogen (secondary N) is 1. The molecule has 1 nitrogen and oxygen atoms in total. The van der Waals surface area contributed by atoms with Crippen molar-refractivity contribution in [1.29, 1.82) is 0 Å². The molecule has 1 aromatic carbocycles. The van der Waals surface area contributed by atoms with Crippen LogP contribution < -0.4 is 5.32 Å². The second-order valence-corrected chi connectivity index (χ2v) is 6.92. The monoisotopic (exact) mass is 441 g/mol. The maximum atomic E-state index is 6.08. The molecule has 0 aliphatic heterocycles. The van der Waals surface area contributed by atoms with E-state index >= 15 is 0 Å². The van der Waals surface area contributed by atoms with Crippen LogP contribution >= 0.6 is 61.5 Å². The van der Waals surface area contributed by atoms with Crippen molar-refractivity contribution in [1.82, 2.24) is 5.32 Å².